The van der Waals surface area contributed by atoms with Gasteiger partial charge < -0.3 is 14.8 Å². The fraction of sp³-hybridized carbons (Fsp3) is 0.417. The second kappa shape index (κ2) is 11.3. The zero-order chi connectivity index (χ0) is 24.6. The summed E-state index contributed by atoms with van der Waals surface area (Å²) in [5.41, 5.74) is 1.60. The minimum absolute atomic E-state index is 0.0382. The third kappa shape index (κ3) is 8.51. The van der Waals surface area contributed by atoms with Gasteiger partial charge in [-0.05, 0) is 57.9 Å². The Bertz CT molecular complexity index is 1070. The summed E-state index contributed by atoms with van der Waals surface area (Å²) in [5.74, 6) is -0.722. The van der Waals surface area contributed by atoms with Gasteiger partial charge in [-0.3, -0.25) is 4.79 Å². The maximum Gasteiger partial charge on any atom is 0.338 e. The lowest BCUT2D eigenvalue weighted by Crippen LogP contribution is -2.40. The van der Waals surface area contributed by atoms with Crippen LogP contribution in [0.2, 0.25) is 0 Å². The molecule has 0 saturated heterocycles. The average molecular weight is 477 g/mol. The van der Waals surface area contributed by atoms with Crippen LogP contribution in [0.1, 0.15) is 48.7 Å². The zero-order valence-corrected chi connectivity index (χ0v) is 20.5. The van der Waals surface area contributed by atoms with Gasteiger partial charge in [0, 0.05) is 12.0 Å². The topological polar surface area (TPSA) is 111 Å². The molecule has 9 heteroatoms. The molecular weight excluding hydrogens is 444 g/mol. The number of methoxy groups -OCH3 is 1. The molecule has 0 heterocycles. The summed E-state index contributed by atoms with van der Waals surface area (Å²) in [6.07, 6.45) is 0.953. The van der Waals surface area contributed by atoms with Crippen LogP contribution in [0.4, 0.5) is 0 Å². The lowest BCUT2D eigenvalue weighted by molar-refractivity contribution is -0.121. The second-order valence-corrected chi connectivity index (χ2v) is 10.3. The van der Waals surface area contributed by atoms with Crippen molar-refractivity contribution in [1.29, 1.82) is 0 Å². The van der Waals surface area contributed by atoms with Gasteiger partial charge in [0.1, 0.15) is 17.3 Å². The van der Waals surface area contributed by atoms with Crippen molar-refractivity contribution in [3.8, 4) is 5.75 Å². The van der Waals surface area contributed by atoms with Gasteiger partial charge in [0.15, 0.2) is 0 Å². The van der Waals surface area contributed by atoms with Crippen molar-refractivity contribution in [2.75, 3.05) is 20.3 Å². The quantitative estimate of drug-likeness (QED) is 0.403. The number of amides is 1. The number of sulfonamides is 1. The second-order valence-electron chi connectivity index (χ2n) is 8.69. The van der Waals surface area contributed by atoms with E-state index in [0.29, 0.717) is 12.8 Å². The molecule has 0 spiro atoms. The fourth-order valence-electron chi connectivity index (χ4n) is 2.99. The van der Waals surface area contributed by atoms with Gasteiger partial charge >= 0.3 is 5.97 Å². The van der Waals surface area contributed by atoms with E-state index in [4.69, 9.17) is 9.47 Å². The summed E-state index contributed by atoms with van der Waals surface area (Å²) in [4.78, 5) is 24.2. The summed E-state index contributed by atoms with van der Waals surface area (Å²) in [5, 5.41) is 2.71. The predicted octanol–water partition coefficient (Wildman–Crippen LogP) is 2.99. The number of benzene rings is 2. The molecule has 2 aromatic rings. The molecule has 2 aromatic carbocycles. The highest BCUT2D eigenvalue weighted by Gasteiger charge is 2.26. The highest BCUT2D eigenvalue weighted by atomic mass is 32.2. The molecule has 0 fully saturated rings. The van der Waals surface area contributed by atoms with Crippen molar-refractivity contribution in [3.63, 3.8) is 0 Å². The smallest absolute Gasteiger partial charge is 0.338 e. The molecule has 0 aliphatic rings. The molecule has 2 N–H and O–H groups in total. The van der Waals surface area contributed by atoms with Crippen molar-refractivity contribution >= 4 is 21.9 Å². The highest BCUT2D eigenvalue weighted by molar-refractivity contribution is 7.89. The number of aryl methyl sites for hydroxylation is 2. The number of esters is 1. The Kier molecular flexibility index (Phi) is 9.01. The first kappa shape index (κ1) is 26.3. The lowest BCUT2D eigenvalue weighted by Gasteiger charge is -2.21. The third-order valence-corrected chi connectivity index (χ3v) is 6.33. The molecule has 0 unspecified atom stereocenters. The first-order valence-electron chi connectivity index (χ1n) is 10.6. The highest BCUT2D eigenvalue weighted by Crippen LogP contribution is 2.26. The third-order valence-electron chi connectivity index (χ3n) is 4.55. The van der Waals surface area contributed by atoms with Crippen LogP contribution in [0.25, 0.3) is 0 Å². The number of rotatable bonds is 10. The number of carbonyl (C=O) groups is 2. The van der Waals surface area contributed by atoms with Gasteiger partial charge in [0.05, 0.1) is 19.2 Å². The van der Waals surface area contributed by atoms with Gasteiger partial charge in [-0.1, -0.05) is 29.8 Å². The Hall–Kier alpha value is -2.91. The zero-order valence-electron chi connectivity index (χ0n) is 19.7. The van der Waals surface area contributed by atoms with Gasteiger partial charge in [-0.2, -0.15) is 0 Å². The number of nitrogens with one attached hydrogen (secondary N) is 2. The molecule has 1 amide bonds. The van der Waals surface area contributed by atoms with Crippen LogP contribution in [-0.2, 0) is 26.0 Å². The largest absolute Gasteiger partial charge is 0.495 e. The van der Waals surface area contributed by atoms with Crippen LogP contribution in [0.15, 0.2) is 47.4 Å². The standard InChI is InChI=1S/C24H32N2O6S/c1-17-6-8-18(9-7-17)10-13-22(27)25-14-15-32-23(28)19-11-12-20(31-5)21(16-19)33(29,30)26-24(2,3)4/h6-9,11-12,16,26H,10,13-15H2,1-5H3,(H,25,27). The molecule has 0 radical (unpaired) electrons. The first-order valence-corrected chi connectivity index (χ1v) is 12.1. The van der Waals surface area contributed by atoms with Crippen LogP contribution in [0, 0.1) is 6.92 Å². The molecule has 0 aliphatic heterocycles. The van der Waals surface area contributed by atoms with E-state index in [9.17, 15) is 18.0 Å². The normalized spacial score (nSPS) is 11.7. The van der Waals surface area contributed by atoms with Crippen molar-refractivity contribution in [1.82, 2.24) is 10.0 Å². The Morgan fingerprint density at radius 2 is 1.70 bits per heavy atom. The molecule has 2 rings (SSSR count). The van der Waals surface area contributed by atoms with Crippen molar-refractivity contribution in [2.45, 2.75) is 51.0 Å². The molecule has 0 saturated carbocycles. The van der Waals surface area contributed by atoms with Crippen LogP contribution in [0.5, 0.6) is 5.75 Å². The van der Waals surface area contributed by atoms with E-state index in [-0.39, 0.29) is 35.3 Å². The van der Waals surface area contributed by atoms with Crippen LogP contribution in [0.3, 0.4) is 0 Å². The predicted molar refractivity (Wildman–Crippen MR) is 126 cm³/mol. The molecule has 180 valence electrons. The van der Waals surface area contributed by atoms with E-state index >= 15 is 0 Å². The van der Waals surface area contributed by atoms with E-state index in [0.717, 1.165) is 11.1 Å². The Morgan fingerprint density at radius 1 is 1.03 bits per heavy atom. The number of carbonyl (C=O) groups excluding carboxylic acids is 2. The summed E-state index contributed by atoms with van der Waals surface area (Å²) in [6, 6.07) is 12.0. The minimum Gasteiger partial charge on any atom is -0.495 e. The number of hydrogen-bond acceptors (Lipinski definition) is 6. The molecular formula is C24H32N2O6S. The van der Waals surface area contributed by atoms with Crippen LogP contribution >= 0.6 is 0 Å². The maximum atomic E-state index is 12.7. The molecule has 0 bridgehead atoms. The summed E-state index contributed by atoms with van der Waals surface area (Å²) in [6.45, 7) is 7.26. The van der Waals surface area contributed by atoms with Gasteiger partial charge in [-0.15, -0.1) is 0 Å². The Morgan fingerprint density at radius 3 is 2.30 bits per heavy atom. The van der Waals surface area contributed by atoms with Gasteiger partial charge in [-0.25, -0.2) is 17.9 Å². The molecule has 0 aromatic heterocycles. The van der Waals surface area contributed by atoms with E-state index in [1.165, 1.54) is 25.3 Å². The summed E-state index contributed by atoms with van der Waals surface area (Å²) in [7, 11) is -2.57. The van der Waals surface area contributed by atoms with Crippen molar-refractivity contribution < 1.29 is 27.5 Å². The van der Waals surface area contributed by atoms with Gasteiger partial charge in [0.2, 0.25) is 15.9 Å². The van der Waals surface area contributed by atoms with Crippen molar-refractivity contribution in [3.05, 3.63) is 59.2 Å². The minimum atomic E-state index is -3.92. The van der Waals surface area contributed by atoms with Gasteiger partial charge in [0.25, 0.3) is 0 Å². The monoisotopic (exact) mass is 476 g/mol. The Labute approximate surface area is 195 Å². The van der Waals surface area contributed by atoms with Crippen LogP contribution in [-0.4, -0.2) is 46.1 Å². The van der Waals surface area contributed by atoms with Crippen molar-refractivity contribution in [2.24, 2.45) is 0 Å². The molecule has 0 aliphatic carbocycles. The summed E-state index contributed by atoms with van der Waals surface area (Å²) < 4.78 is 38.3. The maximum absolute atomic E-state index is 12.7. The van der Waals surface area contributed by atoms with Crippen LogP contribution < -0.4 is 14.8 Å². The van der Waals surface area contributed by atoms with E-state index in [2.05, 4.69) is 10.0 Å². The number of ether oxygens (including phenoxy) is 2. The molecule has 33 heavy (non-hydrogen) atoms. The lowest BCUT2D eigenvalue weighted by atomic mass is 10.1. The fourth-order valence-corrected chi connectivity index (χ4v) is 4.60. The summed E-state index contributed by atoms with van der Waals surface area (Å²) >= 11 is 0. The number of hydrogen-bond donors (Lipinski definition) is 2. The Balaban J connectivity index is 1.89. The molecule has 8 nitrogen and oxygen atoms in total. The SMILES string of the molecule is COc1ccc(C(=O)OCCNC(=O)CCc2ccc(C)cc2)cc1S(=O)(=O)NC(C)(C)C. The average Bonchev–Trinajstić information content (AvgIpc) is 2.74. The molecule has 0 atom stereocenters. The first-order chi connectivity index (χ1) is 15.4. The van der Waals surface area contributed by atoms with E-state index < -0.39 is 21.5 Å². The van der Waals surface area contributed by atoms with E-state index in [1.54, 1.807) is 20.8 Å². The van der Waals surface area contributed by atoms with E-state index in [1.807, 2.05) is 31.2 Å².